The van der Waals surface area contributed by atoms with Crippen LogP contribution in [-0.2, 0) is 11.2 Å². The summed E-state index contributed by atoms with van der Waals surface area (Å²) in [6.45, 7) is 0. The summed E-state index contributed by atoms with van der Waals surface area (Å²) >= 11 is 5.14. The number of aromatic amines is 1. The molecule has 0 saturated heterocycles. The first-order valence-electron chi connectivity index (χ1n) is 2.98. The predicted molar refractivity (Wildman–Crippen MR) is 40.1 cm³/mol. The molecule has 0 radical (unpaired) electrons. The Bertz CT molecular complexity index is 310. The maximum atomic E-state index is 10.4. The molecule has 1 heterocycles. The fraction of sp³-hybridized carbons (Fsp3) is 0.143. The average molecular weight is 169 g/mol. The number of nitriles is 1. The minimum atomic E-state index is -0.457. The van der Waals surface area contributed by atoms with E-state index in [0.717, 1.165) is 0 Å². The molecule has 11 heavy (non-hydrogen) atoms. The van der Waals surface area contributed by atoms with Crippen LogP contribution in [0.1, 0.15) is 11.3 Å². The molecule has 0 amide bonds. The van der Waals surface area contributed by atoms with Gasteiger partial charge in [0.25, 0.3) is 0 Å². The van der Waals surface area contributed by atoms with Gasteiger partial charge in [-0.05, 0) is 23.2 Å². The van der Waals surface area contributed by atoms with Crippen molar-refractivity contribution in [1.29, 1.82) is 5.26 Å². The first kappa shape index (κ1) is 7.83. The van der Waals surface area contributed by atoms with Gasteiger partial charge < -0.3 is 4.98 Å². The largest absolute Gasteiger partial charge is 0.353 e. The molecule has 0 aliphatic carbocycles. The maximum absolute atomic E-state index is 10.4. The molecule has 1 N–H and O–H groups in total. The smallest absolute Gasteiger partial charge is 0.226 e. The van der Waals surface area contributed by atoms with E-state index in [1.54, 1.807) is 12.3 Å². The third kappa shape index (κ3) is 1.82. The second-order valence-electron chi connectivity index (χ2n) is 2.02. The lowest BCUT2D eigenvalue weighted by Gasteiger charge is -1.89. The molecule has 0 aliphatic heterocycles. The third-order valence-corrected chi connectivity index (χ3v) is 1.41. The Morgan fingerprint density at radius 1 is 1.82 bits per heavy atom. The highest BCUT2D eigenvalue weighted by molar-refractivity contribution is 6.63. The van der Waals surface area contributed by atoms with Gasteiger partial charge in [-0.2, -0.15) is 5.26 Å². The molecule has 1 aromatic rings. The second-order valence-corrected chi connectivity index (χ2v) is 2.44. The summed E-state index contributed by atoms with van der Waals surface area (Å²) < 4.78 is 0. The number of nitrogens with zero attached hydrogens (tertiary/aromatic N) is 1. The van der Waals surface area contributed by atoms with Crippen LogP contribution in [0.5, 0.6) is 0 Å². The van der Waals surface area contributed by atoms with E-state index in [0.29, 0.717) is 11.3 Å². The fourth-order valence-corrected chi connectivity index (χ4v) is 0.947. The lowest BCUT2D eigenvalue weighted by atomic mass is 10.2. The Balaban J connectivity index is 2.87. The monoisotopic (exact) mass is 168 g/mol. The van der Waals surface area contributed by atoms with E-state index in [9.17, 15) is 4.79 Å². The van der Waals surface area contributed by atoms with Gasteiger partial charge in [0.15, 0.2) is 0 Å². The molecule has 56 valence electrons. The quantitative estimate of drug-likeness (QED) is 0.675. The lowest BCUT2D eigenvalue weighted by molar-refractivity contribution is -0.111. The molecule has 0 bridgehead atoms. The number of hydrogen-bond acceptors (Lipinski definition) is 2. The summed E-state index contributed by atoms with van der Waals surface area (Å²) in [5.41, 5.74) is 1.05. The van der Waals surface area contributed by atoms with Crippen LogP contribution in [0.15, 0.2) is 12.3 Å². The van der Waals surface area contributed by atoms with Crippen LogP contribution in [0.3, 0.4) is 0 Å². The van der Waals surface area contributed by atoms with Crippen molar-refractivity contribution in [3.05, 3.63) is 23.5 Å². The minimum absolute atomic E-state index is 0.105. The average Bonchev–Trinajstić information content (AvgIpc) is 2.34. The van der Waals surface area contributed by atoms with E-state index >= 15 is 0 Å². The van der Waals surface area contributed by atoms with Gasteiger partial charge in [-0.3, -0.25) is 4.79 Å². The lowest BCUT2D eigenvalue weighted by Crippen LogP contribution is -1.93. The molecule has 0 fully saturated rings. The highest BCUT2D eigenvalue weighted by Gasteiger charge is 2.05. The molecular formula is C7H5ClN2O. The van der Waals surface area contributed by atoms with Gasteiger partial charge in [0, 0.05) is 12.6 Å². The topological polar surface area (TPSA) is 56.6 Å². The highest BCUT2D eigenvalue weighted by Crippen LogP contribution is 2.07. The van der Waals surface area contributed by atoms with Crippen LogP contribution in [0.4, 0.5) is 0 Å². The van der Waals surface area contributed by atoms with Crippen molar-refractivity contribution in [1.82, 2.24) is 4.98 Å². The first-order valence-corrected chi connectivity index (χ1v) is 3.36. The van der Waals surface area contributed by atoms with Gasteiger partial charge in [-0.1, -0.05) is 0 Å². The summed E-state index contributed by atoms with van der Waals surface area (Å²) in [5, 5.41) is 8.03. The number of carbonyl (C=O) groups is 1. The highest BCUT2D eigenvalue weighted by atomic mass is 35.5. The summed E-state index contributed by atoms with van der Waals surface area (Å²) in [6.07, 6.45) is 1.71. The number of carbonyl (C=O) groups excluding carboxylic acids is 1. The van der Waals surface area contributed by atoms with Crippen molar-refractivity contribution in [2.24, 2.45) is 0 Å². The molecule has 1 rings (SSSR count). The predicted octanol–water partition coefficient (Wildman–Crippen LogP) is 1.19. The number of rotatable bonds is 2. The molecule has 3 nitrogen and oxygen atoms in total. The number of halogens is 1. The first-order chi connectivity index (χ1) is 5.24. The molecule has 0 atom stereocenters. The molecule has 0 aliphatic rings. The Kier molecular flexibility index (Phi) is 2.29. The SMILES string of the molecule is N#Cc1[nH]ccc1CC(=O)Cl. The molecule has 1 aromatic heterocycles. The third-order valence-electron chi connectivity index (χ3n) is 1.27. The van der Waals surface area contributed by atoms with Crippen molar-refractivity contribution in [2.45, 2.75) is 6.42 Å². The normalized spacial score (nSPS) is 9.09. The van der Waals surface area contributed by atoms with E-state index in [4.69, 9.17) is 16.9 Å². The summed E-state index contributed by atoms with van der Waals surface area (Å²) in [7, 11) is 0. The van der Waals surface area contributed by atoms with E-state index in [1.165, 1.54) is 0 Å². The van der Waals surface area contributed by atoms with Crippen molar-refractivity contribution in [3.8, 4) is 6.07 Å². The summed E-state index contributed by atoms with van der Waals surface area (Å²) in [4.78, 5) is 13.1. The van der Waals surface area contributed by atoms with Gasteiger partial charge in [0.1, 0.15) is 11.8 Å². The van der Waals surface area contributed by atoms with E-state index < -0.39 is 5.24 Å². The van der Waals surface area contributed by atoms with E-state index in [-0.39, 0.29) is 6.42 Å². The summed E-state index contributed by atoms with van der Waals surface area (Å²) in [5.74, 6) is 0. The minimum Gasteiger partial charge on any atom is -0.353 e. The molecule has 0 unspecified atom stereocenters. The van der Waals surface area contributed by atoms with Crippen LogP contribution in [0.2, 0.25) is 0 Å². The summed E-state index contributed by atoms with van der Waals surface area (Å²) in [6, 6.07) is 3.58. The van der Waals surface area contributed by atoms with Gasteiger partial charge in [-0.15, -0.1) is 0 Å². The standard InChI is InChI=1S/C7H5ClN2O/c8-7(11)3-5-1-2-10-6(5)4-9/h1-2,10H,3H2. The molecule has 0 spiro atoms. The van der Waals surface area contributed by atoms with Crippen LogP contribution in [0.25, 0.3) is 0 Å². The molecular weight excluding hydrogens is 164 g/mol. The van der Waals surface area contributed by atoms with Crippen LogP contribution in [-0.4, -0.2) is 10.2 Å². The van der Waals surface area contributed by atoms with Crippen molar-refractivity contribution < 1.29 is 4.79 Å². The second kappa shape index (κ2) is 3.22. The maximum Gasteiger partial charge on any atom is 0.226 e. The van der Waals surface area contributed by atoms with Gasteiger partial charge in [0.05, 0.1) is 0 Å². The molecule has 0 saturated carbocycles. The van der Waals surface area contributed by atoms with E-state index in [1.807, 2.05) is 6.07 Å². The Morgan fingerprint density at radius 3 is 3.09 bits per heavy atom. The van der Waals surface area contributed by atoms with Gasteiger partial charge in [-0.25, -0.2) is 0 Å². The van der Waals surface area contributed by atoms with Crippen molar-refractivity contribution in [3.63, 3.8) is 0 Å². The van der Waals surface area contributed by atoms with Crippen molar-refractivity contribution in [2.75, 3.05) is 0 Å². The van der Waals surface area contributed by atoms with Crippen LogP contribution >= 0.6 is 11.6 Å². The van der Waals surface area contributed by atoms with E-state index in [2.05, 4.69) is 4.98 Å². The number of nitrogens with one attached hydrogen (secondary N) is 1. The van der Waals surface area contributed by atoms with Crippen molar-refractivity contribution >= 4 is 16.8 Å². The van der Waals surface area contributed by atoms with Gasteiger partial charge >= 0.3 is 0 Å². The molecule has 0 aromatic carbocycles. The number of hydrogen-bond donors (Lipinski definition) is 1. The zero-order valence-corrected chi connectivity index (χ0v) is 6.35. The molecule has 4 heteroatoms. The zero-order chi connectivity index (χ0) is 8.27. The number of aromatic nitrogens is 1. The Labute approximate surface area is 68.6 Å². The Hall–Kier alpha value is -1.27. The fourth-order valence-electron chi connectivity index (χ4n) is 0.803. The zero-order valence-electron chi connectivity index (χ0n) is 5.60. The van der Waals surface area contributed by atoms with Crippen LogP contribution in [0, 0.1) is 11.3 Å². The van der Waals surface area contributed by atoms with Gasteiger partial charge in [0.2, 0.25) is 5.24 Å². The van der Waals surface area contributed by atoms with Crippen LogP contribution < -0.4 is 0 Å². The number of H-pyrrole nitrogens is 1. The Morgan fingerprint density at radius 2 is 2.55 bits per heavy atom.